The number of carbonyl (C=O) groups excluding carboxylic acids is 1. The number of hydrogen-bond acceptors (Lipinski definition) is 2. The molecule has 0 aromatic heterocycles. The first-order chi connectivity index (χ1) is 6.27. The first kappa shape index (κ1) is 10.3. The Morgan fingerprint density at radius 1 is 1.54 bits per heavy atom. The molecule has 0 aliphatic rings. The molecule has 13 heavy (non-hydrogen) atoms. The van der Waals surface area contributed by atoms with Crippen LogP contribution in [0, 0.1) is 0 Å². The highest BCUT2D eigenvalue weighted by atomic mass is 79.9. The molecule has 2 nitrogen and oxygen atoms in total. The average molecular weight is 243 g/mol. The second-order valence-electron chi connectivity index (χ2n) is 2.66. The molecule has 0 aliphatic carbocycles. The Morgan fingerprint density at radius 3 is 2.85 bits per heavy atom. The molecule has 0 saturated carbocycles. The van der Waals surface area contributed by atoms with E-state index in [1.165, 1.54) is 0 Å². The highest BCUT2D eigenvalue weighted by Gasteiger charge is 2.00. The predicted molar refractivity (Wildman–Crippen MR) is 55.1 cm³/mol. The van der Waals surface area contributed by atoms with Crippen LogP contribution in [0.4, 0.5) is 0 Å². The third-order valence-electron chi connectivity index (χ3n) is 1.79. The van der Waals surface area contributed by atoms with Gasteiger partial charge >= 0.3 is 0 Å². The molecule has 1 aromatic carbocycles. The number of rotatable bonds is 4. The number of aldehydes is 1. The van der Waals surface area contributed by atoms with E-state index in [1.54, 1.807) is 7.11 Å². The smallest absolute Gasteiger partial charge is 0.120 e. The highest BCUT2D eigenvalue weighted by Crippen LogP contribution is 2.23. The van der Waals surface area contributed by atoms with E-state index < -0.39 is 0 Å². The van der Waals surface area contributed by atoms with Crippen molar-refractivity contribution in [1.82, 2.24) is 0 Å². The van der Waals surface area contributed by atoms with Gasteiger partial charge in [0.1, 0.15) is 12.0 Å². The lowest BCUT2D eigenvalue weighted by Crippen LogP contribution is -1.89. The van der Waals surface area contributed by atoms with Crippen LogP contribution in [0.5, 0.6) is 5.75 Å². The minimum Gasteiger partial charge on any atom is -0.497 e. The largest absolute Gasteiger partial charge is 0.497 e. The van der Waals surface area contributed by atoms with Gasteiger partial charge < -0.3 is 9.53 Å². The second kappa shape index (κ2) is 5.02. The fourth-order valence-corrected chi connectivity index (χ4v) is 1.63. The minimum absolute atomic E-state index is 0.560. The van der Waals surface area contributed by atoms with Crippen molar-refractivity contribution in [1.29, 1.82) is 0 Å². The van der Waals surface area contributed by atoms with Crippen LogP contribution < -0.4 is 4.74 Å². The van der Waals surface area contributed by atoms with E-state index in [2.05, 4.69) is 15.9 Å². The summed E-state index contributed by atoms with van der Waals surface area (Å²) >= 11 is 3.42. The van der Waals surface area contributed by atoms with Gasteiger partial charge in [-0.3, -0.25) is 0 Å². The molecular weight excluding hydrogens is 232 g/mol. The Hall–Kier alpha value is -0.830. The molecule has 0 atom stereocenters. The van der Waals surface area contributed by atoms with Crippen molar-refractivity contribution in [3.05, 3.63) is 28.2 Å². The van der Waals surface area contributed by atoms with Crippen LogP contribution in [0.25, 0.3) is 0 Å². The monoisotopic (exact) mass is 242 g/mol. The summed E-state index contributed by atoms with van der Waals surface area (Å²) in [6, 6.07) is 5.76. The molecule has 0 unspecified atom stereocenters. The quantitative estimate of drug-likeness (QED) is 0.759. The number of benzene rings is 1. The van der Waals surface area contributed by atoms with E-state index in [4.69, 9.17) is 4.74 Å². The lowest BCUT2D eigenvalue weighted by Gasteiger charge is -2.04. The number of aryl methyl sites for hydroxylation is 1. The summed E-state index contributed by atoms with van der Waals surface area (Å²) in [5, 5.41) is 0. The molecule has 0 N–H and O–H groups in total. The summed E-state index contributed by atoms with van der Waals surface area (Å²) in [6.07, 6.45) is 2.26. The Balaban J connectivity index is 2.78. The molecule has 70 valence electrons. The average Bonchev–Trinajstić information content (AvgIpc) is 2.16. The first-order valence-electron chi connectivity index (χ1n) is 4.04. The number of carbonyl (C=O) groups is 1. The molecule has 0 amide bonds. The van der Waals surface area contributed by atoms with E-state index in [-0.39, 0.29) is 0 Å². The Kier molecular flexibility index (Phi) is 3.96. The Labute approximate surface area is 86.0 Å². The van der Waals surface area contributed by atoms with Crippen molar-refractivity contribution < 1.29 is 9.53 Å². The van der Waals surface area contributed by atoms with Gasteiger partial charge in [-0.1, -0.05) is 22.0 Å². The van der Waals surface area contributed by atoms with Gasteiger partial charge in [-0.25, -0.2) is 0 Å². The molecular formula is C10H11BrO2. The van der Waals surface area contributed by atoms with E-state index >= 15 is 0 Å². The third kappa shape index (κ3) is 2.84. The van der Waals surface area contributed by atoms with E-state index in [9.17, 15) is 4.79 Å². The summed E-state index contributed by atoms with van der Waals surface area (Å²) in [6.45, 7) is 0. The van der Waals surface area contributed by atoms with E-state index in [0.29, 0.717) is 6.42 Å². The van der Waals surface area contributed by atoms with Gasteiger partial charge in [0.25, 0.3) is 0 Å². The number of halogens is 1. The maximum absolute atomic E-state index is 10.2. The SMILES string of the molecule is COc1ccc(CCC=O)c(Br)c1. The Bertz CT molecular complexity index is 297. The van der Waals surface area contributed by atoms with E-state index in [0.717, 1.165) is 28.5 Å². The van der Waals surface area contributed by atoms with Gasteiger partial charge in [-0.05, 0) is 24.1 Å². The Morgan fingerprint density at radius 2 is 2.31 bits per heavy atom. The highest BCUT2D eigenvalue weighted by molar-refractivity contribution is 9.10. The fourth-order valence-electron chi connectivity index (χ4n) is 1.07. The van der Waals surface area contributed by atoms with Crippen molar-refractivity contribution in [2.45, 2.75) is 12.8 Å². The standard InChI is InChI=1S/C10H11BrO2/c1-13-9-5-4-8(3-2-6-12)10(11)7-9/h4-7H,2-3H2,1H3. The van der Waals surface area contributed by atoms with Gasteiger partial charge in [0.2, 0.25) is 0 Å². The number of ether oxygens (including phenoxy) is 1. The van der Waals surface area contributed by atoms with Crippen LogP contribution in [0.2, 0.25) is 0 Å². The minimum atomic E-state index is 0.560. The summed E-state index contributed by atoms with van der Waals surface area (Å²) in [5.74, 6) is 0.821. The summed E-state index contributed by atoms with van der Waals surface area (Å²) in [4.78, 5) is 10.2. The summed E-state index contributed by atoms with van der Waals surface area (Å²) < 4.78 is 6.05. The van der Waals surface area contributed by atoms with Crippen LogP contribution >= 0.6 is 15.9 Å². The van der Waals surface area contributed by atoms with Gasteiger partial charge in [-0.2, -0.15) is 0 Å². The van der Waals surface area contributed by atoms with Crippen molar-refractivity contribution >= 4 is 22.2 Å². The number of methoxy groups -OCH3 is 1. The van der Waals surface area contributed by atoms with Gasteiger partial charge in [0.15, 0.2) is 0 Å². The topological polar surface area (TPSA) is 26.3 Å². The fraction of sp³-hybridized carbons (Fsp3) is 0.300. The molecule has 0 fully saturated rings. The lowest BCUT2D eigenvalue weighted by atomic mass is 10.1. The molecule has 0 aliphatic heterocycles. The van der Waals surface area contributed by atoms with E-state index in [1.807, 2.05) is 18.2 Å². The van der Waals surface area contributed by atoms with Crippen molar-refractivity contribution in [2.24, 2.45) is 0 Å². The molecule has 1 aromatic rings. The van der Waals surface area contributed by atoms with Gasteiger partial charge in [0.05, 0.1) is 7.11 Å². The van der Waals surface area contributed by atoms with Crippen molar-refractivity contribution in [3.63, 3.8) is 0 Å². The molecule has 0 saturated heterocycles. The molecule has 0 spiro atoms. The molecule has 0 radical (unpaired) electrons. The molecule has 0 heterocycles. The van der Waals surface area contributed by atoms with Crippen LogP contribution in [-0.4, -0.2) is 13.4 Å². The van der Waals surface area contributed by atoms with Crippen LogP contribution in [0.1, 0.15) is 12.0 Å². The zero-order valence-electron chi connectivity index (χ0n) is 7.42. The zero-order valence-corrected chi connectivity index (χ0v) is 9.00. The first-order valence-corrected chi connectivity index (χ1v) is 4.83. The maximum Gasteiger partial charge on any atom is 0.120 e. The van der Waals surface area contributed by atoms with Crippen LogP contribution in [0.3, 0.4) is 0 Å². The second-order valence-corrected chi connectivity index (χ2v) is 3.52. The summed E-state index contributed by atoms with van der Waals surface area (Å²) in [7, 11) is 1.63. The maximum atomic E-state index is 10.2. The number of hydrogen-bond donors (Lipinski definition) is 0. The normalized spacial score (nSPS) is 9.69. The molecule has 0 bridgehead atoms. The zero-order chi connectivity index (χ0) is 9.68. The lowest BCUT2D eigenvalue weighted by molar-refractivity contribution is -0.107. The summed E-state index contributed by atoms with van der Waals surface area (Å²) in [5.41, 5.74) is 1.13. The van der Waals surface area contributed by atoms with Crippen LogP contribution in [0.15, 0.2) is 22.7 Å². The molecule has 3 heteroatoms. The van der Waals surface area contributed by atoms with Gasteiger partial charge in [-0.15, -0.1) is 0 Å². The van der Waals surface area contributed by atoms with Crippen molar-refractivity contribution in [3.8, 4) is 5.75 Å². The van der Waals surface area contributed by atoms with Crippen molar-refractivity contribution in [2.75, 3.05) is 7.11 Å². The van der Waals surface area contributed by atoms with Gasteiger partial charge in [0, 0.05) is 10.9 Å². The predicted octanol–water partition coefficient (Wildman–Crippen LogP) is 2.59. The van der Waals surface area contributed by atoms with Crippen LogP contribution in [-0.2, 0) is 11.2 Å². The third-order valence-corrected chi connectivity index (χ3v) is 2.53. The molecule has 1 rings (SSSR count).